The summed E-state index contributed by atoms with van der Waals surface area (Å²) in [4.78, 5) is 13.1. The Bertz CT molecular complexity index is 493. The first-order valence-corrected chi connectivity index (χ1v) is 6.25. The highest BCUT2D eigenvalue weighted by Gasteiger charge is 2.02. The molecular weight excluding hydrogens is 224 g/mol. The fourth-order valence-electron chi connectivity index (χ4n) is 1.66. The van der Waals surface area contributed by atoms with Crippen LogP contribution in [-0.4, -0.2) is 21.5 Å². The first-order valence-electron chi connectivity index (χ1n) is 6.25. The number of nitrogens with one attached hydrogen (secondary N) is 1. The molecule has 0 spiro atoms. The van der Waals surface area contributed by atoms with Crippen molar-refractivity contribution in [1.29, 1.82) is 0 Å². The minimum absolute atomic E-state index is 0.679. The molecule has 2 aromatic rings. The molecule has 4 heteroatoms. The number of hydrogen-bond donors (Lipinski definition) is 1. The van der Waals surface area contributed by atoms with Gasteiger partial charge in [0.2, 0.25) is 0 Å². The van der Waals surface area contributed by atoms with Crippen molar-refractivity contribution >= 4 is 0 Å². The second kappa shape index (κ2) is 6.21. The maximum Gasteiger partial charge on any atom is 0.178 e. The number of aryl methyl sites for hydroxylation is 1. The van der Waals surface area contributed by atoms with Crippen LogP contribution in [0, 0.1) is 6.92 Å². The summed E-state index contributed by atoms with van der Waals surface area (Å²) in [6.07, 6.45) is 4.84. The van der Waals surface area contributed by atoms with E-state index in [2.05, 4.69) is 27.2 Å². The Morgan fingerprint density at radius 2 is 1.94 bits per heavy atom. The average Bonchev–Trinajstić information content (AvgIpc) is 2.40. The average molecular weight is 242 g/mol. The van der Waals surface area contributed by atoms with Crippen LogP contribution >= 0.6 is 0 Å². The Labute approximate surface area is 108 Å². The first-order chi connectivity index (χ1) is 8.79. The molecule has 0 amide bonds. The molecule has 0 aliphatic carbocycles. The van der Waals surface area contributed by atoms with Gasteiger partial charge in [-0.05, 0) is 32.0 Å². The summed E-state index contributed by atoms with van der Waals surface area (Å²) >= 11 is 0. The van der Waals surface area contributed by atoms with Gasteiger partial charge in [0.15, 0.2) is 5.82 Å². The van der Waals surface area contributed by atoms with Crippen LogP contribution in [0.2, 0.25) is 0 Å². The van der Waals surface area contributed by atoms with Gasteiger partial charge in [-0.3, -0.25) is 0 Å². The predicted molar refractivity (Wildman–Crippen MR) is 72.0 cm³/mol. The van der Waals surface area contributed by atoms with Gasteiger partial charge in [0.25, 0.3) is 0 Å². The number of hydrogen-bond acceptors (Lipinski definition) is 4. The van der Waals surface area contributed by atoms with E-state index in [9.17, 15) is 0 Å². The Morgan fingerprint density at radius 3 is 2.61 bits per heavy atom. The van der Waals surface area contributed by atoms with Gasteiger partial charge in [-0.25, -0.2) is 15.0 Å². The maximum atomic E-state index is 4.41. The normalized spacial score (nSPS) is 10.6. The zero-order chi connectivity index (χ0) is 12.8. The molecule has 0 radical (unpaired) electrons. The molecular formula is C14H18N4. The molecule has 0 aromatic carbocycles. The molecule has 2 rings (SSSR count). The molecule has 18 heavy (non-hydrogen) atoms. The lowest BCUT2D eigenvalue weighted by Gasteiger charge is -2.04. The van der Waals surface area contributed by atoms with Crippen molar-refractivity contribution in [2.75, 3.05) is 6.54 Å². The van der Waals surface area contributed by atoms with E-state index in [0.717, 1.165) is 36.5 Å². The van der Waals surface area contributed by atoms with Crippen LogP contribution < -0.4 is 5.32 Å². The standard InChI is InChI=1S/C14H18N4/c1-3-7-15-8-12-9-16-14(17-10-12)13-6-4-5-11(2)18-13/h4-6,9-10,15H,3,7-8H2,1-2H3. The van der Waals surface area contributed by atoms with Gasteiger partial charge >= 0.3 is 0 Å². The van der Waals surface area contributed by atoms with E-state index >= 15 is 0 Å². The Morgan fingerprint density at radius 1 is 1.17 bits per heavy atom. The van der Waals surface area contributed by atoms with Gasteiger partial charge in [0, 0.05) is 30.2 Å². The number of aromatic nitrogens is 3. The summed E-state index contributed by atoms with van der Waals surface area (Å²) in [6, 6.07) is 5.86. The van der Waals surface area contributed by atoms with E-state index < -0.39 is 0 Å². The van der Waals surface area contributed by atoms with E-state index in [1.54, 1.807) is 0 Å². The molecule has 94 valence electrons. The molecule has 2 heterocycles. The SMILES string of the molecule is CCCNCc1cnc(-c2cccc(C)n2)nc1. The van der Waals surface area contributed by atoms with Gasteiger partial charge in [0.05, 0.1) is 0 Å². The first kappa shape index (κ1) is 12.6. The number of rotatable bonds is 5. The molecule has 0 fully saturated rings. The lowest BCUT2D eigenvalue weighted by atomic mass is 10.3. The Kier molecular flexibility index (Phi) is 4.36. The quantitative estimate of drug-likeness (QED) is 0.818. The van der Waals surface area contributed by atoms with Crippen molar-refractivity contribution in [1.82, 2.24) is 20.3 Å². The van der Waals surface area contributed by atoms with Gasteiger partial charge in [-0.15, -0.1) is 0 Å². The van der Waals surface area contributed by atoms with Crippen LogP contribution in [0.4, 0.5) is 0 Å². The maximum absolute atomic E-state index is 4.41. The summed E-state index contributed by atoms with van der Waals surface area (Å²) in [5.41, 5.74) is 2.90. The van der Waals surface area contributed by atoms with Crippen LogP contribution in [0.15, 0.2) is 30.6 Å². The van der Waals surface area contributed by atoms with Gasteiger partial charge < -0.3 is 5.32 Å². The summed E-state index contributed by atoms with van der Waals surface area (Å²) in [5, 5.41) is 3.32. The zero-order valence-corrected chi connectivity index (χ0v) is 10.8. The third-order valence-corrected chi connectivity index (χ3v) is 2.58. The third-order valence-electron chi connectivity index (χ3n) is 2.58. The molecule has 4 nitrogen and oxygen atoms in total. The van der Waals surface area contributed by atoms with Crippen molar-refractivity contribution in [2.24, 2.45) is 0 Å². The van der Waals surface area contributed by atoms with Crippen LogP contribution in [0.25, 0.3) is 11.5 Å². The van der Waals surface area contributed by atoms with Gasteiger partial charge in [-0.1, -0.05) is 13.0 Å². The highest BCUT2D eigenvalue weighted by Crippen LogP contribution is 2.11. The molecule has 0 atom stereocenters. The molecule has 2 aromatic heterocycles. The molecule has 0 saturated heterocycles. The van der Waals surface area contributed by atoms with Crippen LogP contribution in [-0.2, 0) is 6.54 Å². The largest absolute Gasteiger partial charge is 0.313 e. The van der Waals surface area contributed by atoms with Crippen molar-refractivity contribution in [3.63, 3.8) is 0 Å². The Hall–Kier alpha value is -1.81. The fraction of sp³-hybridized carbons (Fsp3) is 0.357. The molecule has 0 bridgehead atoms. The van der Waals surface area contributed by atoms with E-state index in [1.807, 2.05) is 37.5 Å². The van der Waals surface area contributed by atoms with E-state index in [4.69, 9.17) is 0 Å². The van der Waals surface area contributed by atoms with E-state index in [1.165, 1.54) is 0 Å². The van der Waals surface area contributed by atoms with Crippen molar-refractivity contribution in [2.45, 2.75) is 26.8 Å². The van der Waals surface area contributed by atoms with Crippen LogP contribution in [0.5, 0.6) is 0 Å². The zero-order valence-electron chi connectivity index (χ0n) is 10.8. The van der Waals surface area contributed by atoms with Crippen molar-refractivity contribution in [3.05, 3.63) is 41.9 Å². The number of nitrogens with zero attached hydrogens (tertiary/aromatic N) is 3. The molecule has 0 unspecified atom stereocenters. The van der Waals surface area contributed by atoms with Gasteiger partial charge in [-0.2, -0.15) is 0 Å². The summed E-state index contributed by atoms with van der Waals surface area (Å²) < 4.78 is 0. The minimum atomic E-state index is 0.679. The Balaban J connectivity index is 2.07. The smallest absolute Gasteiger partial charge is 0.178 e. The summed E-state index contributed by atoms with van der Waals surface area (Å²) in [6.45, 7) is 5.94. The van der Waals surface area contributed by atoms with Crippen LogP contribution in [0.1, 0.15) is 24.6 Å². The fourth-order valence-corrected chi connectivity index (χ4v) is 1.66. The van der Waals surface area contributed by atoms with E-state index in [0.29, 0.717) is 5.82 Å². The second-order valence-corrected chi connectivity index (χ2v) is 4.26. The predicted octanol–water partition coefficient (Wildman–Crippen LogP) is 2.35. The molecule has 0 saturated carbocycles. The third kappa shape index (κ3) is 3.34. The van der Waals surface area contributed by atoms with Crippen molar-refractivity contribution in [3.8, 4) is 11.5 Å². The highest BCUT2D eigenvalue weighted by molar-refractivity contribution is 5.48. The highest BCUT2D eigenvalue weighted by atomic mass is 14.9. The van der Waals surface area contributed by atoms with Crippen LogP contribution in [0.3, 0.4) is 0 Å². The monoisotopic (exact) mass is 242 g/mol. The summed E-state index contributed by atoms with van der Waals surface area (Å²) in [7, 11) is 0. The summed E-state index contributed by atoms with van der Waals surface area (Å²) in [5.74, 6) is 0.679. The molecule has 0 aliphatic heterocycles. The van der Waals surface area contributed by atoms with Crippen molar-refractivity contribution < 1.29 is 0 Å². The lowest BCUT2D eigenvalue weighted by Crippen LogP contribution is -2.14. The molecule has 1 N–H and O–H groups in total. The second-order valence-electron chi connectivity index (χ2n) is 4.26. The number of pyridine rings is 1. The topological polar surface area (TPSA) is 50.7 Å². The molecule has 0 aliphatic rings. The lowest BCUT2D eigenvalue weighted by molar-refractivity contribution is 0.672. The minimum Gasteiger partial charge on any atom is -0.313 e. The van der Waals surface area contributed by atoms with Gasteiger partial charge in [0.1, 0.15) is 5.69 Å². The van der Waals surface area contributed by atoms with E-state index in [-0.39, 0.29) is 0 Å².